The number of aliphatic hydroxyl groups is 2. The van der Waals surface area contributed by atoms with Gasteiger partial charge in [-0.05, 0) is 38.1 Å². The Morgan fingerprint density at radius 1 is 0.611 bits per heavy atom. The van der Waals surface area contributed by atoms with Gasteiger partial charge in [-0.3, -0.25) is 0 Å². The molecule has 0 spiro atoms. The van der Waals surface area contributed by atoms with Crippen molar-refractivity contribution in [2.45, 2.75) is 13.8 Å². The second-order valence-corrected chi connectivity index (χ2v) is 9.58. The highest BCUT2D eigenvalue weighted by atomic mass is 79.9. The van der Waals surface area contributed by atoms with Crippen LogP contribution in [0, 0.1) is 13.8 Å². The Labute approximate surface area is 227 Å². The molecule has 36 heavy (non-hydrogen) atoms. The summed E-state index contributed by atoms with van der Waals surface area (Å²) >= 11 is 6.80. The summed E-state index contributed by atoms with van der Waals surface area (Å²) in [7, 11) is 0. The van der Waals surface area contributed by atoms with Gasteiger partial charge in [0.05, 0.1) is 13.2 Å². The average Bonchev–Trinajstić information content (AvgIpc) is 2.87. The lowest BCUT2D eigenvalue weighted by Gasteiger charge is -2.07. The third kappa shape index (κ3) is 8.63. The van der Waals surface area contributed by atoms with E-state index in [1.165, 1.54) is 0 Å². The molecule has 0 atom stereocenters. The fourth-order valence-corrected chi connectivity index (χ4v) is 3.67. The first-order valence-electron chi connectivity index (χ1n) is 11.3. The van der Waals surface area contributed by atoms with Crippen molar-refractivity contribution in [1.82, 2.24) is 19.9 Å². The topological polar surface area (TPSA) is 116 Å². The van der Waals surface area contributed by atoms with Gasteiger partial charge in [-0.1, -0.05) is 56.1 Å². The van der Waals surface area contributed by atoms with Crippen molar-refractivity contribution in [1.29, 1.82) is 0 Å². The molecule has 0 amide bonds. The molecule has 4 aromatic rings. The molecule has 0 aliphatic rings. The van der Waals surface area contributed by atoms with Gasteiger partial charge in [-0.25, -0.2) is 19.9 Å². The van der Waals surface area contributed by atoms with E-state index in [2.05, 4.69) is 62.4 Å². The number of aliphatic hydroxyl groups excluding tert-OH is 2. The third-order valence-electron chi connectivity index (χ3n) is 4.75. The van der Waals surface area contributed by atoms with Crippen LogP contribution in [0.1, 0.15) is 11.4 Å². The van der Waals surface area contributed by atoms with Crippen molar-refractivity contribution in [3.05, 3.63) is 81.0 Å². The molecule has 0 unspecified atom stereocenters. The Kier molecular flexibility index (Phi) is 10.7. The van der Waals surface area contributed by atoms with Gasteiger partial charge in [0.15, 0.2) is 11.6 Å². The molecule has 2 aromatic carbocycles. The van der Waals surface area contributed by atoms with Crippen LogP contribution in [0.25, 0.3) is 22.8 Å². The molecule has 0 aliphatic carbocycles. The number of hydrogen-bond acceptors (Lipinski definition) is 8. The normalized spacial score (nSPS) is 10.4. The summed E-state index contributed by atoms with van der Waals surface area (Å²) in [6.45, 7) is 4.97. The predicted octanol–water partition coefficient (Wildman–Crippen LogP) is 5.24. The van der Waals surface area contributed by atoms with E-state index in [9.17, 15) is 0 Å². The van der Waals surface area contributed by atoms with Crippen LogP contribution < -0.4 is 10.6 Å². The van der Waals surface area contributed by atoms with Gasteiger partial charge in [0.2, 0.25) is 0 Å². The number of aryl methyl sites for hydroxylation is 2. The molecule has 10 heteroatoms. The van der Waals surface area contributed by atoms with Crippen molar-refractivity contribution in [3.63, 3.8) is 0 Å². The van der Waals surface area contributed by atoms with Crippen LogP contribution in [0.3, 0.4) is 0 Å². The molecule has 0 fully saturated rings. The molecule has 2 heterocycles. The second kappa shape index (κ2) is 14.0. The minimum Gasteiger partial charge on any atom is -0.395 e. The lowest BCUT2D eigenvalue weighted by molar-refractivity contribution is 0.310. The molecule has 0 saturated heterocycles. The summed E-state index contributed by atoms with van der Waals surface area (Å²) in [5.41, 5.74) is 3.72. The van der Waals surface area contributed by atoms with E-state index in [1.807, 2.05) is 74.5 Å². The molecular formula is C26H28Br2N6O2. The molecule has 8 nitrogen and oxygen atoms in total. The summed E-state index contributed by atoms with van der Waals surface area (Å²) in [5.74, 6) is 2.83. The van der Waals surface area contributed by atoms with E-state index >= 15 is 0 Å². The summed E-state index contributed by atoms with van der Waals surface area (Å²) < 4.78 is 2.05. The van der Waals surface area contributed by atoms with E-state index < -0.39 is 0 Å². The van der Waals surface area contributed by atoms with Crippen LogP contribution in [-0.4, -0.2) is 56.5 Å². The Morgan fingerprint density at radius 3 is 1.31 bits per heavy atom. The van der Waals surface area contributed by atoms with E-state index in [1.54, 1.807) is 0 Å². The zero-order chi connectivity index (χ0) is 25.9. The highest BCUT2D eigenvalue weighted by Gasteiger charge is 2.06. The molecule has 0 radical (unpaired) electrons. The number of nitrogens with zero attached hydrogens (tertiary/aromatic N) is 4. The van der Waals surface area contributed by atoms with E-state index in [0.717, 1.165) is 43.1 Å². The second-order valence-electron chi connectivity index (χ2n) is 7.75. The van der Waals surface area contributed by atoms with Gasteiger partial charge >= 0.3 is 0 Å². The summed E-state index contributed by atoms with van der Waals surface area (Å²) in [4.78, 5) is 17.7. The van der Waals surface area contributed by atoms with Crippen molar-refractivity contribution in [2.75, 3.05) is 36.9 Å². The standard InChI is InChI=1S/2C13H14BrN3O/c2*1-9-8-12(15-6-7-18)17-13(16-9)10-2-4-11(14)5-3-10/h2*2-5,8,18H,6-7H2,1H3,(H,15,16,17). The average molecular weight is 616 g/mol. The van der Waals surface area contributed by atoms with Crippen molar-refractivity contribution in [2.24, 2.45) is 0 Å². The fourth-order valence-electron chi connectivity index (χ4n) is 3.14. The minimum absolute atomic E-state index is 0.0800. The van der Waals surface area contributed by atoms with Crippen LogP contribution in [-0.2, 0) is 0 Å². The van der Waals surface area contributed by atoms with Crippen molar-refractivity contribution < 1.29 is 10.2 Å². The largest absolute Gasteiger partial charge is 0.395 e. The number of benzene rings is 2. The first-order valence-corrected chi connectivity index (χ1v) is 12.9. The number of hydrogen-bond donors (Lipinski definition) is 4. The molecule has 0 aliphatic heterocycles. The van der Waals surface area contributed by atoms with Crippen LogP contribution in [0.15, 0.2) is 69.6 Å². The molecule has 4 rings (SSSR count). The summed E-state index contributed by atoms with van der Waals surface area (Å²) in [5, 5.41) is 23.7. The van der Waals surface area contributed by atoms with Crippen molar-refractivity contribution >= 4 is 43.5 Å². The number of rotatable bonds is 8. The Hall–Kier alpha value is -2.92. The van der Waals surface area contributed by atoms with E-state index in [0.29, 0.717) is 24.7 Å². The zero-order valence-corrected chi connectivity index (χ0v) is 23.2. The van der Waals surface area contributed by atoms with Gasteiger partial charge < -0.3 is 20.8 Å². The van der Waals surface area contributed by atoms with Gasteiger partial charge in [0.25, 0.3) is 0 Å². The number of aromatic nitrogens is 4. The third-order valence-corrected chi connectivity index (χ3v) is 5.81. The van der Waals surface area contributed by atoms with Crippen LogP contribution in [0.4, 0.5) is 11.6 Å². The van der Waals surface area contributed by atoms with Crippen molar-refractivity contribution in [3.8, 4) is 22.8 Å². The molecule has 4 N–H and O–H groups in total. The Morgan fingerprint density at radius 2 is 0.972 bits per heavy atom. The maximum Gasteiger partial charge on any atom is 0.161 e. The summed E-state index contributed by atoms with van der Waals surface area (Å²) in [6.07, 6.45) is 0. The van der Waals surface area contributed by atoms with Gasteiger partial charge in [0, 0.05) is 56.7 Å². The van der Waals surface area contributed by atoms with Crippen LogP contribution in [0.2, 0.25) is 0 Å². The lowest BCUT2D eigenvalue weighted by Crippen LogP contribution is -2.08. The SMILES string of the molecule is Cc1cc(NCCO)nc(-c2ccc(Br)cc2)n1.Cc1cc(NCCO)nc(-c2ccc(Br)cc2)n1. The van der Waals surface area contributed by atoms with Crippen LogP contribution >= 0.6 is 31.9 Å². The summed E-state index contributed by atoms with van der Waals surface area (Å²) in [6, 6.07) is 19.4. The van der Waals surface area contributed by atoms with E-state index in [-0.39, 0.29) is 13.2 Å². The lowest BCUT2D eigenvalue weighted by atomic mass is 10.2. The minimum atomic E-state index is 0.0800. The smallest absolute Gasteiger partial charge is 0.161 e. The Balaban J connectivity index is 0.000000201. The highest BCUT2D eigenvalue weighted by molar-refractivity contribution is 9.10. The van der Waals surface area contributed by atoms with Gasteiger partial charge in [-0.2, -0.15) is 0 Å². The maximum absolute atomic E-state index is 8.80. The number of halogens is 2. The monoisotopic (exact) mass is 614 g/mol. The molecule has 0 saturated carbocycles. The Bertz CT molecular complexity index is 1160. The fraction of sp³-hybridized carbons (Fsp3) is 0.231. The van der Waals surface area contributed by atoms with E-state index in [4.69, 9.17) is 10.2 Å². The molecule has 188 valence electrons. The van der Waals surface area contributed by atoms with Gasteiger partial charge in [0.1, 0.15) is 11.6 Å². The first-order chi connectivity index (χ1) is 17.4. The quantitative estimate of drug-likeness (QED) is 0.213. The van der Waals surface area contributed by atoms with Crippen LogP contribution in [0.5, 0.6) is 0 Å². The predicted molar refractivity (Wildman–Crippen MR) is 151 cm³/mol. The first kappa shape index (κ1) is 27.7. The number of anilines is 2. The number of nitrogens with one attached hydrogen (secondary N) is 2. The molecular weight excluding hydrogens is 588 g/mol. The van der Waals surface area contributed by atoms with Gasteiger partial charge in [-0.15, -0.1) is 0 Å². The maximum atomic E-state index is 8.80. The molecule has 0 bridgehead atoms. The zero-order valence-electron chi connectivity index (χ0n) is 20.0. The molecule has 2 aromatic heterocycles. The highest BCUT2D eigenvalue weighted by Crippen LogP contribution is 2.21.